The molecule has 0 saturated carbocycles. The van der Waals surface area contributed by atoms with Gasteiger partial charge in [-0.05, 0) is 24.3 Å². The monoisotopic (exact) mass is 313 g/mol. The Morgan fingerprint density at radius 1 is 1.05 bits per heavy atom. The Kier molecular flexibility index (Phi) is 3.27. The molecule has 0 spiro atoms. The number of nitrogens with zero attached hydrogens (tertiary/aromatic N) is 5. The maximum Gasteiger partial charge on any atom is 0.194 e. The number of anilines is 1. The standard InChI is InChI=1S/C15H12FN5S/c16-12-6-2-1-5-11(12)14-18-19-15-21(14)9-20(10-22-15)13-7-3-4-8-17-13/h1-8H,9-10H2. The third-order valence-corrected chi connectivity index (χ3v) is 4.47. The third-order valence-electron chi connectivity index (χ3n) is 3.47. The van der Waals surface area contributed by atoms with E-state index >= 15 is 0 Å². The number of pyridine rings is 1. The summed E-state index contributed by atoms with van der Waals surface area (Å²) in [5, 5.41) is 9.12. The van der Waals surface area contributed by atoms with Crippen molar-refractivity contribution in [3.63, 3.8) is 0 Å². The van der Waals surface area contributed by atoms with E-state index < -0.39 is 0 Å². The zero-order valence-corrected chi connectivity index (χ0v) is 12.4. The van der Waals surface area contributed by atoms with Gasteiger partial charge in [0, 0.05) is 6.20 Å². The van der Waals surface area contributed by atoms with Crippen LogP contribution in [0, 0.1) is 5.82 Å². The van der Waals surface area contributed by atoms with E-state index in [0.717, 1.165) is 16.9 Å². The summed E-state index contributed by atoms with van der Waals surface area (Å²) in [5.41, 5.74) is 0.463. The Labute approximate surface area is 130 Å². The molecule has 5 nitrogen and oxygen atoms in total. The number of thioether (sulfide) groups is 1. The molecule has 0 atom stereocenters. The lowest BCUT2D eigenvalue weighted by atomic mass is 10.2. The van der Waals surface area contributed by atoms with Gasteiger partial charge in [0.25, 0.3) is 0 Å². The molecule has 1 aliphatic rings. The number of fused-ring (bicyclic) bond motifs is 1. The number of hydrogen-bond donors (Lipinski definition) is 0. The van der Waals surface area contributed by atoms with Crippen molar-refractivity contribution in [1.82, 2.24) is 19.7 Å². The van der Waals surface area contributed by atoms with Gasteiger partial charge in [-0.1, -0.05) is 30.0 Å². The van der Waals surface area contributed by atoms with Crippen LogP contribution >= 0.6 is 11.8 Å². The Bertz CT molecular complexity index is 805. The molecule has 1 aliphatic heterocycles. The minimum atomic E-state index is -0.294. The molecule has 2 aromatic heterocycles. The van der Waals surface area contributed by atoms with Crippen LogP contribution in [0.15, 0.2) is 53.8 Å². The fourth-order valence-electron chi connectivity index (χ4n) is 2.39. The van der Waals surface area contributed by atoms with Gasteiger partial charge in [-0.2, -0.15) is 0 Å². The van der Waals surface area contributed by atoms with Crippen LogP contribution in [0.25, 0.3) is 11.4 Å². The second kappa shape index (κ2) is 5.42. The Morgan fingerprint density at radius 3 is 2.73 bits per heavy atom. The molecule has 3 aromatic rings. The summed E-state index contributed by atoms with van der Waals surface area (Å²) in [7, 11) is 0. The minimum absolute atomic E-state index is 0.294. The molecule has 4 rings (SSSR count). The van der Waals surface area contributed by atoms with Gasteiger partial charge in [0.1, 0.15) is 18.3 Å². The molecule has 0 unspecified atom stereocenters. The maximum absolute atomic E-state index is 14.0. The molecule has 110 valence electrons. The summed E-state index contributed by atoms with van der Waals surface area (Å²) in [6.07, 6.45) is 1.76. The fraction of sp³-hybridized carbons (Fsp3) is 0.133. The van der Waals surface area contributed by atoms with Gasteiger partial charge >= 0.3 is 0 Å². The van der Waals surface area contributed by atoms with E-state index in [1.807, 2.05) is 22.8 Å². The molecule has 7 heteroatoms. The van der Waals surface area contributed by atoms with Crippen LogP contribution < -0.4 is 4.90 Å². The average Bonchev–Trinajstić information content (AvgIpc) is 2.99. The molecule has 0 radical (unpaired) electrons. The predicted molar refractivity (Wildman–Crippen MR) is 82.9 cm³/mol. The van der Waals surface area contributed by atoms with Gasteiger partial charge in [0.15, 0.2) is 11.0 Å². The molecule has 0 bridgehead atoms. The molecular formula is C15H12FN5S. The zero-order chi connectivity index (χ0) is 14.9. The first-order valence-electron chi connectivity index (χ1n) is 6.80. The Morgan fingerprint density at radius 2 is 1.91 bits per heavy atom. The second-order valence-electron chi connectivity index (χ2n) is 4.86. The summed E-state index contributed by atoms with van der Waals surface area (Å²) in [6.45, 7) is 0.552. The van der Waals surface area contributed by atoms with Crippen molar-refractivity contribution in [2.24, 2.45) is 0 Å². The van der Waals surface area contributed by atoms with E-state index in [1.165, 1.54) is 6.07 Å². The maximum atomic E-state index is 14.0. The molecule has 0 saturated heterocycles. The van der Waals surface area contributed by atoms with E-state index in [4.69, 9.17) is 0 Å². The number of hydrogen-bond acceptors (Lipinski definition) is 5. The number of halogens is 1. The topological polar surface area (TPSA) is 46.8 Å². The van der Waals surface area contributed by atoms with Crippen LogP contribution in [0.1, 0.15) is 0 Å². The van der Waals surface area contributed by atoms with Crippen molar-refractivity contribution in [2.45, 2.75) is 11.8 Å². The smallest absolute Gasteiger partial charge is 0.194 e. The molecule has 22 heavy (non-hydrogen) atoms. The Balaban J connectivity index is 1.73. The van der Waals surface area contributed by atoms with E-state index in [-0.39, 0.29) is 5.82 Å². The quantitative estimate of drug-likeness (QED) is 0.728. The van der Waals surface area contributed by atoms with Crippen molar-refractivity contribution in [3.8, 4) is 11.4 Å². The van der Waals surface area contributed by atoms with Crippen molar-refractivity contribution < 1.29 is 4.39 Å². The molecule has 0 fully saturated rings. The van der Waals surface area contributed by atoms with E-state index in [9.17, 15) is 4.39 Å². The highest BCUT2D eigenvalue weighted by atomic mass is 32.2. The van der Waals surface area contributed by atoms with Crippen LogP contribution in [0.3, 0.4) is 0 Å². The number of benzene rings is 1. The van der Waals surface area contributed by atoms with Crippen molar-refractivity contribution in [1.29, 1.82) is 0 Å². The average molecular weight is 313 g/mol. The van der Waals surface area contributed by atoms with E-state index in [1.54, 1.807) is 36.2 Å². The second-order valence-corrected chi connectivity index (χ2v) is 5.77. The largest absolute Gasteiger partial charge is 0.329 e. The third kappa shape index (κ3) is 2.23. The van der Waals surface area contributed by atoms with Gasteiger partial charge in [0.2, 0.25) is 0 Å². The zero-order valence-electron chi connectivity index (χ0n) is 11.6. The molecule has 0 amide bonds. The first-order chi connectivity index (χ1) is 10.8. The van der Waals surface area contributed by atoms with Crippen LogP contribution in [-0.2, 0) is 6.67 Å². The highest BCUT2D eigenvalue weighted by Crippen LogP contribution is 2.31. The van der Waals surface area contributed by atoms with Gasteiger partial charge in [-0.25, -0.2) is 9.37 Å². The van der Waals surface area contributed by atoms with Gasteiger partial charge < -0.3 is 4.90 Å². The van der Waals surface area contributed by atoms with Crippen molar-refractivity contribution in [2.75, 3.05) is 10.8 Å². The summed E-state index contributed by atoms with van der Waals surface area (Å²) in [5.74, 6) is 1.87. The van der Waals surface area contributed by atoms with Crippen LogP contribution in [0.4, 0.5) is 10.2 Å². The van der Waals surface area contributed by atoms with Crippen LogP contribution in [0.2, 0.25) is 0 Å². The first-order valence-corrected chi connectivity index (χ1v) is 7.78. The lowest BCUT2D eigenvalue weighted by Crippen LogP contribution is -2.31. The molecule has 1 aromatic carbocycles. The van der Waals surface area contributed by atoms with E-state index in [0.29, 0.717) is 18.1 Å². The first kappa shape index (κ1) is 13.3. The highest BCUT2D eigenvalue weighted by Gasteiger charge is 2.24. The Hall–Kier alpha value is -2.41. The van der Waals surface area contributed by atoms with E-state index in [2.05, 4.69) is 20.1 Å². The van der Waals surface area contributed by atoms with Gasteiger partial charge in [-0.3, -0.25) is 4.57 Å². The summed E-state index contributed by atoms with van der Waals surface area (Å²) in [6, 6.07) is 12.4. The fourth-order valence-corrected chi connectivity index (χ4v) is 3.28. The van der Waals surface area contributed by atoms with Crippen molar-refractivity contribution >= 4 is 17.6 Å². The lowest BCUT2D eigenvalue weighted by Gasteiger charge is -2.28. The molecule has 3 heterocycles. The predicted octanol–water partition coefficient (Wildman–Crippen LogP) is 3.01. The summed E-state index contributed by atoms with van der Waals surface area (Å²) < 4.78 is 15.9. The number of aromatic nitrogens is 4. The number of rotatable bonds is 2. The van der Waals surface area contributed by atoms with Crippen LogP contribution in [-0.4, -0.2) is 25.6 Å². The molecule has 0 N–H and O–H groups in total. The highest BCUT2D eigenvalue weighted by molar-refractivity contribution is 7.99. The summed E-state index contributed by atoms with van der Waals surface area (Å²) >= 11 is 1.57. The summed E-state index contributed by atoms with van der Waals surface area (Å²) in [4.78, 5) is 6.47. The van der Waals surface area contributed by atoms with Crippen molar-refractivity contribution in [3.05, 3.63) is 54.5 Å². The molecule has 0 aliphatic carbocycles. The van der Waals surface area contributed by atoms with Gasteiger partial charge in [0.05, 0.1) is 11.4 Å². The van der Waals surface area contributed by atoms with Gasteiger partial charge in [-0.15, -0.1) is 10.2 Å². The normalized spacial score (nSPS) is 14.0. The lowest BCUT2D eigenvalue weighted by molar-refractivity contribution is 0.595. The molecular weight excluding hydrogens is 301 g/mol. The minimum Gasteiger partial charge on any atom is -0.329 e. The van der Waals surface area contributed by atoms with Crippen LogP contribution in [0.5, 0.6) is 0 Å². The SMILES string of the molecule is Fc1ccccc1-c1nnc2n1CN(c1ccccn1)CS2.